The van der Waals surface area contributed by atoms with Crippen molar-refractivity contribution in [2.24, 2.45) is 0 Å². The highest BCUT2D eigenvalue weighted by Gasteiger charge is 2.21. The molecule has 0 saturated heterocycles. The molecule has 1 N–H and O–H groups in total. The van der Waals surface area contributed by atoms with Crippen molar-refractivity contribution in [2.75, 3.05) is 6.61 Å². The maximum atomic E-state index is 12.9. The standard InChI is InChI=1S/C20H22N2O3S2/c1-4-25-19-10-9-17(18-13-26-15(3)22-18)11-20(19)27(23,24)21-12-16-7-5-14(2)6-8-16/h5-11,13,21H,4,12H2,1-3H3. The van der Waals surface area contributed by atoms with Crippen molar-refractivity contribution in [3.63, 3.8) is 0 Å². The molecular weight excluding hydrogens is 380 g/mol. The number of hydrogen-bond acceptors (Lipinski definition) is 5. The van der Waals surface area contributed by atoms with Crippen LogP contribution in [0.1, 0.15) is 23.1 Å². The lowest BCUT2D eigenvalue weighted by atomic mass is 10.1. The Balaban J connectivity index is 1.92. The SMILES string of the molecule is CCOc1ccc(-c2csc(C)n2)cc1S(=O)(=O)NCc1ccc(C)cc1. The molecule has 0 radical (unpaired) electrons. The molecule has 7 heteroatoms. The maximum absolute atomic E-state index is 12.9. The number of nitrogens with one attached hydrogen (secondary N) is 1. The summed E-state index contributed by atoms with van der Waals surface area (Å²) in [5.41, 5.74) is 3.54. The lowest BCUT2D eigenvalue weighted by Crippen LogP contribution is -2.24. The van der Waals surface area contributed by atoms with Crippen molar-refractivity contribution in [1.82, 2.24) is 9.71 Å². The summed E-state index contributed by atoms with van der Waals surface area (Å²) in [5, 5.41) is 2.85. The van der Waals surface area contributed by atoms with Crippen LogP contribution in [0.4, 0.5) is 0 Å². The third-order valence-corrected chi connectivity index (χ3v) is 6.23. The highest BCUT2D eigenvalue weighted by molar-refractivity contribution is 7.89. The van der Waals surface area contributed by atoms with E-state index < -0.39 is 10.0 Å². The molecule has 3 aromatic rings. The molecule has 0 saturated carbocycles. The zero-order chi connectivity index (χ0) is 19.4. The van der Waals surface area contributed by atoms with Crippen LogP contribution >= 0.6 is 11.3 Å². The Labute approximate surface area is 164 Å². The van der Waals surface area contributed by atoms with E-state index in [1.54, 1.807) is 12.1 Å². The van der Waals surface area contributed by atoms with Gasteiger partial charge in [-0.25, -0.2) is 18.1 Å². The van der Waals surface area contributed by atoms with Gasteiger partial charge in [-0.2, -0.15) is 0 Å². The van der Waals surface area contributed by atoms with Gasteiger partial charge >= 0.3 is 0 Å². The molecule has 0 aliphatic carbocycles. The van der Waals surface area contributed by atoms with E-state index in [0.717, 1.165) is 27.4 Å². The molecule has 0 atom stereocenters. The Morgan fingerprint density at radius 2 is 1.85 bits per heavy atom. The molecule has 2 aromatic carbocycles. The van der Waals surface area contributed by atoms with Crippen LogP contribution in [-0.2, 0) is 16.6 Å². The number of aromatic nitrogens is 1. The average Bonchev–Trinajstić information content (AvgIpc) is 3.08. The van der Waals surface area contributed by atoms with Gasteiger partial charge in [0.1, 0.15) is 10.6 Å². The summed E-state index contributed by atoms with van der Waals surface area (Å²) in [5.74, 6) is 0.338. The molecular formula is C20H22N2O3S2. The molecule has 0 spiro atoms. The van der Waals surface area contributed by atoms with Crippen molar-refractivity contribution in [3.05, 3.63) is 64.0 Å². The molecule has 0 aliphatic heterocycles. The summed E-state index contributed by atoms with van der Waals surface area (Å²) in [4.78, 5) is 4.57. The van der Waals surface area contributed by atoms with Crippen LogP contribution < -0.4 is 9.46 Å². The van der Waals surface area contributed by atoms with Crippen molar-refractivity contribution >= 4 is 21.4 Å². The second-order valence-corrected chi connectivity index (χ2v) is 8.95. The first-order chi connectivity index (χ1) is 12.9. The summed E-state index contributed by atoms with van der Waals surface area (Å²) >= 11 is 1.53. The Morgan fingerprint density at radius 1 is 1.11 bits per heavy atom. The molecule has 1 heterocycles. The van der Waals surface area contributed by atoms with E-state index >= 15 is 0 Å². The number of hydrogen-bond donors (Lipinski definition) is 1. The predicted molar refractivity (Wildman–Crippen MR) is 109 cm³/mol. The summed E-state index contributed by atoms with van der Waals surface area (Å²) < 4.78 is 34.1. The lowest BCUT2D eigenvalue weighted by molar-refractivity contribution is 0.331. The van der Waals surface area contributed by atoms with Crippen molar-refractivity contribution < 1.29 is 13.2 Å². The van der Waals surface area contributed by atoms with Gasteiger partial charge in [-0.3, -0.25) is 0 Å². The molecule has 142 valence electrons. The molecule has 0 aliphatic rings. The van der Waals surface area contributed by atoms with Gasteiger partial charge in [-0.1, -0.05) is 29.8 Å². The fraction of sp³-hybridized carbons (Fsp3) is 0.250. The summed E-state index contributed by atoms with van der Waals surface area (Å²) in [6.07, 6.45) is 0. The molecule has 0 amide bonds. The zero-order valence-electron chi connectivity index (χ0n) is 15.5. The van der Waals surface area contributed by atoms with Gasteiger partial charge in [-0.15, -0.1) is 11.3 Å². The fourth-order valence-corrected chi connectivity index (χ4v) is 4.42. The number of ether oxygens (including phenoxy) is 1. The van der Waals surface area contributed by atoms with Crippen LogP contribution in [0.15, 0.2) is 52.7 Å². The van der Waals surface area contributed by atoms with Crippen molar-refractivity contribution in [2.45, 2.75) is 32.2 Å². The molecule has 1 aromatic heterocycles. The monoisotopic (exact) mass is 402 g/mol. The van der Waals surface area contributed by atoms with Crippen LogP contribution in [0, 0.1) is 13.8 Å². The third-order valence-electron chi connectivity index (χ3n) is 4.03. The van der Waals surface area contributed by atoms with Crippen LogP contribution in [0.25, 0.3) is 11.3 Å². The van der Waals surface area contributed by atoms with E-state index in [1.807, 2.05) is 56.5 Å². The number of thiazole rings is 1. The minimum atomic E-state index is -3.74. The van der Waals surface area contributed by atoms with Gasteiger partial charge < -0.3 is 4.74 Å². The van der Waals surface area contributed by atoms with E-state index in [4.69, 9.17) is 4.74 Å². The second-order valence-electron chi connectivity index (χ2n) is 6.16. The third kappa shape index (κ3) is 4.74. The lowest BCUT2D eigenvalue weighted by Gasteiger charge is -2.13. The first-order valence-electron chi connectivity index (χ1n) is 8.63. The van der Waals surface area contributed by atoms with Crippen LogP contribution in [0.3, 0.4) is 0 Å². The summed E-state index contributed by atoms with van der Waals surface area (Å²) in [6, 6.07) is 12.9. The topological polar surface area (TPSA) is 68.3 Å². The van der Waals surface area contributed by atoms with Crippen molar-refractivity contribution in [1.29, 1.82) is 0 Å². The van der Waals surface area contributed by atoms with Gasteiger partial charge in [0.15, 0.2) is 0 Å². The number of nitrogens with zero attached hydrogens (tertiary/aromatic N) is 1. The van der Waals surface area contributed by atoms with E-state index in [0.29, 0.717) is 12.4 Å². The number of benzene rings is 2. The minimum Gasteiger partial charge on any atom is -0.492 e. The minimum absolute atomic E-state index is 0.125. The number of rotatable bonds is 7. The van der Waals surface area contributed by atoms with Gasteiger partial charge in [0, 0.05) is 17.5 Å². The summed E-state index contributed by atoms with van der Waals surface area (Å²) in [6.45, 7) is 6.34. The maximum Gasteiger partial charge on any atom is 0.244 e. The van der Waals surface area contributed by atoms with E-state index in [-0.39, 0.29) is 11.4 Å². The van der Waals surface area contributed by atoms with Gasteiger partial charge in [0.05, 0.1) is 17.3 Å². The molecule has 0 fully saturated rings. The van der Waals surface area contributed by atoms with Crippen LogP contribution in [0.2, 0.25) is 0 Å². The van der Waals surface area contributed by atoms with Crippen LogP contribution in [0.5, 0.6) is 5.75 Å². The molecule has 0 bridgehead atoms. The Hall–Kier alpha value is -2.22. The van der Waals surface area contributed by atoms with E-state index in [2.05, 4.69) is 9.71 Å². The fourth-order valence-electron chi connectivity index (χ4n) is 2.61. The zero-order valence-corrected chi connectivity index (χ0v) is 17.2. The highest BCUT2D eigenvalue weighted by Crippen LogP contribution is 2.30. The molecule has 5 nitrogen and oxygen atoms in total. The number of sulfonamides is 1. The first kappa shape index (κ1) is 19.5. The van der Waals surface area contributed by atoms with Gasteiger partial charge in [-0.05, 0) is 44.5 Å². The molecule has 0 unspecified atom stereocenters. The Kier molecular flexibility index (Phi) is 5.94. The summed E-state index contributed by atoms with van der Waals surface area (Å²) in [7, 11) is -3.74. The van der Waals surface area contributed by atoms with Crippen LogP contribution in [-0.4, -0.2) is 20.0 Å². The number of aryl methyl sites for hydroxylation is 2. The normalized spacial score (nSPS) is 11.5. The smallest absolute Gasteiger partial charge is 0.244 e. The van der Waals surface area contributed by atoms with Gasteiger partial charge in [0.2, 0.25) is 10.0 Å². The average molecular weight is 403 g/mol. The Morgan fingerprint density at radius 3 is 2.48 bits per heavy atom. The first-order valence-corrected chi connectivity index (χ1v) is 11.0. The van der Waals surface area contributed by atoms with Crippen molar-refractivity contribution in [3.8, 4) is 17.0 Å². The van der Waals surface area contributed by atoms with E-state index in [9.17, 15) is 8.42 Å². The predicted octanol–water partition coefficient (Wildman–Crippen LogP) is 4.30. The second kappa shape index (κ2) is 8.21. The van der Waals surface area contributed by atoms with E-state index in [1.165, 1.54) is 11.3 Å². The van der Waals surface area contributed by atoms with Gasteiger partial charge in [0.25, 0.3) is 0 Å². The molecule has 3 rings (SSSR count). The molecule has 27 heavy (non-hydrogen) atoms. The quantitative estimate of drug-likeness (QED) is 0.640. The Bertz CT molecular complexity index is 1030. The largest absolute Gasteiger partial charge is 0.492 e. The highest BCUT2D eigenvalue weighted by atomic mass is 32.2.